The van der Waals surface area contributed by atoms with Crippen LogP contribution in [0.5, 0.6) is 5.88 Å². The predicted octanol–water partition coefficient (Wildman–Crippen LogP) is 2.03. The van der Waals surface area contributed by atoms with Gasteiger partial charge in [0.15, 0.2) is 5.16 Å². The number of aliphatic hydroxyl groups excluding tert-OH is 2. The van der Waals surface area contributed by atoms with E-state index in [2.05, 4.69) is 9.97 Å². The van der Waals surface area contributed by atoms with E-state index in [0.717, 1.165) is 5.56 Å². The molecule has 2 aromatic rings. The van der Waals surface area contributed by atoms with Crippen LogP contribution in [0.15, 0.2) is 41.7 Å². The summed E-state index contributed by atoms with van der Waals surface area (Å²) in [7, 11) is 0. The number of aliphatic hydroxyl groups is 2. The molecule has 118 valence electrons. The van der Waals surface area contributed by atoms with Crippen molar-refractivity contribution in [3.63, 3.8) is 0 Å². The smallest absolute Gasteiger partial charge is 0.217 e. The van der Waals surface area contributed by atoms with Crippen molar-refractivity contribution in [3.8, 4) is 5.88 Å². The van der Waals surface area contributed by atoms with Crippen molar-refractivity contribution in [1.29, 1.82) is 0 Å². The monoisotopic (exact) mass is 324 g/mol. The maximum atomic E-state index is 12.8. The van der Waals surface area contributed by atoms with Crippen LogP contribution in [-0.4, -0.2) is 39.0 Å². The molecule has 5 nitrogen and oxygen atoms in total. The SMILES string of the molecule is C[C@@H](Oc1ccnc(SCc2ccc(F)cc2)n1)[C@@H](O)CO. The molecule has 0 saturated carbocycles. The molecule has 0 saturated heterocycles. The van der Waals surface area contributed by atoms with Gasteiger partial charge in [0.05, 0.1) is 6.61 Å². The zero-order valence-corrected chi connectivity index (χ0v) is 12.8. The second kappa shape index (κ2) is 8.07. The first kappa shape index (κ1) is 16.7. The summed E-state index contributed by atoms with van der Waals surface area (Å²) < 4.78 is 18.3. The number of rotatable bonds is 7. The first-order valence-electron chi connectivity index (χ1n) is 6.74. The van der Waals surface area contributed by atoms with Crippen molar-refractivity contribution in [2.75, 3.05) is 6.61 Å². The number of halogens is 1. The molecule has 2 atom stereocenters. The number of benzene rings is 1. The van der Waals surface area contributed by atoms with E-state index >= 15 is 0 Å². The van der Waals surface area contributed by atoms with Gasteiger partial charge in [-0.15, -0.1) is 0 Å². The molecule has 1 aromatic carbocycles. The number of ether oxygens (including phenoxy) is 1. The van der Waals surface area contributed by atoms with E-state index in [-0.39, 0.29) is 12.4 Å². The van der Waals surface area contributed by atoms with Gasteiger partial charge in [0.2, 0.25) is 5.88 Å². The molecule has 0 amide bonds. The van der Waals surface area contributed by atoms with Crippen molar-refractivity contribution in [3.05, 3.63) is 47.9 Å². The van der Waals surface area contributed by atoms with Crippen LogP contribution < -0.4 is 4.74 Å². The Hall–Kier alpha value is -1.70. The van der Waals surface area contributed by atoms with Gasteiger partial charge in [-0.05, 0) is 24.6 Å². The first-order valence-corrected chi connectivity index (χ1v) is 7.73. The average Bonchev–Trinajstić information content (AvgIpc) is 2.54. The van der Waals surface area contributed by atoms with E-state index in [1.165, 1.54) is 23.9 Å². The molecule has 0 unspecified atom stereocenters. The molecule has 0 aliphatic carbocycles. The van der Waals surface area contributed by atoms with Crippen molar-refractivity contribution < 1.29 is 19.3 Å². The van der Waals surface area contributed by atoms with E-state index in [9.17, 15) is 9.50 Å². The maximum Gasteiger partial charge on any atom is 0.217 e. The molecule has 2 N–H and O–H groups in total. The van der Waals surface area contributed by atoms with Crippen LogP contribution in [0.2, 0.25) is 0 Å². The molecule has 2 rings (SSSR count). The standard InChI is InChI=1S/C15H17FN2O3S/c1-10(13(20)8-19)21-14-6-7-17-15(18-14)22-9-11-2-4-12(16)5-3-11/h2-7,10,13,19-20H,8-9H2,1H3/t10-,13+/m1/s1. The Bertz CT molecular complexity index is 598. The summed E-state index contributed by atoms with van der Waals surface area (Å²) in [5.41, 5.74) is 0.963. The molecule has 1 aromatic heterocycles. The summed E-state index contributed by atoms with van der Waals surface area (Å²) in [5.74, 6) is 0.673. The van der Waals surface area contributed by atoms with Crippen LogP contribution in [0.25, 0.3) is 0 Å². The summed E-state index contributed by atoms with van der Waals surface area (Å²) >= 11 is 1.40. The van der Waals surface area contributed by atoms with Gasteiger partial charge in [-0.1, -0.05) is 23.9 Å². The molecule has 0 aliphatic rings. The van der Waals surface area contributed by atoms with Gasteiger partial charge >= 0.3 is 0 Å². The van der Waals surface area contributed by atoms with Crippen LogP contribution in [0, 0.1) is 5.82 Å². The second-order valence-electron chi connectivity index (χ2n) is 4.67. The van der Waals surface area contributed by atoms with Gasteiger partial charge in [-0.2, -0.15) is 4.98 Å². The molecule has 0 radical (unpaired) electrons. The summed E-state index contributed by atoms with van der Waals surface area (Å²) in [5, 5.41) is 18.9. The highest BCUT2D eigenvalue weighted by molar-refractivity contribution is 7.98. The van der Waals surface area contributed by atoms with Gasteiger partial charge in [-0.25, -0.2) is 9.37 Å². The third kappa shape index (κ3) is 4.94. The fourth-order valence-electron chi connectivity index (χ4n) is 1.61. The molecule has 1 heterocycles. The number of nitrogens with zero attached hydrogens (tertiary/aromatic N) is 2. The van der Waals surface area contributed by atoms with E-state index in [1.54, 1.807) is 31.3 Å². The minimum atomic E-state index is -0.967. The van der Waals surface area contributed by atoms with E-state index in [0.29, 0.717) is 16.8 Å². The highest BCUT2D eigenvalue weighted by Gasteiger charge is 2.15. The summed E-state index contributed by atoms with van der Waals surface area (Å²) in [6.45, 7) is 1.27. The van der Waals surface area contributed by atoms with Gasteiger partial charge < -0.3 is 14.9 Å². The maximum absolute atomic E-state index is 12.8. The fourth-order valence-corrected chi connectivity index (χ4v) is 2.38. The molecular weight excluding hydrogens is 307 g/mol. The highest BCUT2D eigenvalue weighted by atomic mass is 32.2. The Morgan fingerprint density at radius 2 is 2.00 bits per heavy atom. The topological polar surface area (TPSA) is 75.5 Å². The van der Waals surface area contributed by atoms with Crippen LogP contribution in [-0.2, 0) is 5.75 Å². The fraction of sp³-hybridized carbons (Fsp3) is 0.333. The molecule has 7 heteroatoms. The Morgan fingerprint density at radius 3 is 2.68 bits per heavy atom. The lowest BCUT2D eigenvalue weighted by molar-refractivity contribution is 0.00595. The van der Waals surface area contributed by atoms with E-state index < -0.39 is 12.2 Å². The average molecular weight is 324 g/mol. The molecule has 22 heavy (non-hydrogen) atoms. The second-order valence-corrected chi connectivity index (χ2v) is 5.61. The zero-order valence-electron chi connectivity index (χ0n) is 12.0. The van der Waals surface area contributed by atoms with Crippen LogP contribution in [0.3, 0.4) is 0 Å². The van der Waals surface area contributed by atoms with E-state index in [4.69, 9.17) is 9.84 Å². The van der Waals surface area contributed by atoms with Gasteiger partial charge in [0, 0.05) is 18.0 Å². The summed E-state index contributed by atoms with van der Waals surface area (Å²) in [6.07, 6.45) is 0.0213. The van der Waals surface area contributed by atoms with Crippen molar-refractivity contribution >= 4 is 11.8 Å². The highest BCUT2D eigenvalue weighted by Crippen LogP contribution is 2.21. The van der Waals surface area contributed by atoms with Crippen LogP contribution in [0.4, 0.5) is 4.39 Å². The summed E-state index contributed by atoms with van der Waals surface area (Å²) in [4.78, 5) is 8.36. The number of hydrogen-bond acceptors (Lipinski definition) is 6. The number of aromatic nitrogens is 2. The van der Waals surface area contributed by atoms with Gasteiger partial charge in [0.1, 0.15) is 18.0 Å². The molecule has 0 bridgehead atoms. The Morgan fingerprint density at radius 1 is 1.27 bits per heavy atom. The predicted molar refractivity (Wildman–Crippen MR) is 81.2 cm³/mol. The van der Waals surface area contributed by atoms with Crippen molar-refractivity contribution in [1.82, 2.24) is 9.97 Å². The minimum absolute atomic E-state index is 0.267. The third-order valence-electron chi connectivity index (χ3n) is 2.92. The normalized spacial score (nSPS) is 13.6. The largest absolute Gasteiger partial charge is 0.472 e. The van der Waals surface area contributed by atoms with Crippen molar-refractivity contribution in [2.24, 2.45) is 0 Å². The molecular formula is C15H17FN2O3S. The quantitative estimate of drug-likeness (QED) is 0.599. The first-order chi connectivity index (χ1) is 10.6. The van der Waals surface area contributed by atoms with Crippen molar-refractivity contribution in [2.45, 2.75) is 30.0 Å². The minimum Gasteiger partial charge on any atom is -0.472 e. The summed E-state index contributed by atoms with van der Waals surface area (Å²) in [6, 6.07) is 7.83. The lowest BCUT2D eigenvalue weighted by atomic mass is 10.2. The molecule has 0 aliphatic heterocycles. The van der Waals surface area contributed by atoms with Crippen LogP contribution in [0.1, 0.15) is 12.5 Å². The van der Waals surface area contributed by atoms with Gasteiger partial charge in [0.25, 0.3) is 0 Å². The van der Waals surface area contributed by atoms with E-state index in [1.807, 2.05) is 0 Å². The number of hydrogen-bond donors (Lipinski definition) is 2. The lowest BCUT2D eigenvalue weighted by Crippen LogP contribution is -2.31. The van der Waals surface area contributed by atoms with Crippen LogP contribution >= 0.6 is 11.8 Å². The van der Waals surface area contributed by atoms with Gasteiger partial charge in [-0.3, -0.25) is 0 Å². The number of thioether (sulfide) groups is 1. The zero-order chi connectivity index (χ0) is 15.9. The third-order valence-corrected chi connectivity index (χ3v) is 3.86. The Balaban J connectivity index is 1.95. The molecule has 0 fully saturated rings. The Labute approximate surface area is 132 Å². The molecule has 0 spiro atoms. The lowest BCUT2D eigenvalue weighted by Gasteiger charge is -2.17. The Kier molecular flexibility index (Phi) is 6.11.